The molecule has 0 amide bonds. The molecule has 0 aliphatic heterocycles. The highest BCUT2D eigenvalue weighted by atomic mass is 15.1. The third kappa shape index (κ3) is 3.72. The van der Waals surface area contributed by atoms with E-state index in [2.05, 4.69) is 16.9 Å². The minimum absolute atomic E-state index is 0.405. The SMILES string of the molecule is C=C(C)c1ccccc1NC(N)=NCc1ccccc1. The molecule has 0 atom stereocenters. The molecular weight excluding hydrogens is 246 g/mol. The highest BCUT2D eigenvalue weighted by Crippen LogP contribution is 2.21. The van der Waals surface area contributed by atoms with Crippen molar-refractivity contribution >= 4 is 17.2 Å². The Labute approximate surface area is 119 Å². The lowest BCUT2D eigenvalue weighted by Crippen LogP contribution is -2.23. The smallest absolute Gasteiger partial charge is 0.193 e. The number of guanidine groups is 1. The number of para-hydroxylation sites is 1. The summed E-state index contributed by atoms with van der Waals surface area (Å²) in [5, 5.41) is 3.13. The second-order valence-electron chi connectivity index (χ2n) is 4.64. The van der Waals surface area contributed by atoms with E-state index in [-0.39, 0.29) is 0 Å². The molecule has 0 unspecified atom stereocenters. The number of nitrogens with one attached hydrogen (secondary N) is 1. The zero-order valence-electron chi connectivity index (χ0n) is 11.6. The summed E-state index contributed by atoms with van der Waals surface area (Å²) in [4.78, 5) is 4.34. The molecule has 2 aromatic rings. The zero-order chi connectivity index (χ0) is 14.4. The van der Waals surface area contributed by atoms with Crippen molar-refractivity contribution in [2.24, 2.45) is 10.7 Å². The van der Waals surface area contributed by atoms with Gasteiger partial charge in [0.1, 0.15) is 0 Å². The van der Waals surface area contributed by atoms with Crippen LogP contribution in [-0.4, -0.2) is 5.96 Å². The van der Waals surface area contributed by atoms with E-state index < -0.39 is 0 Å². The third-order valence-corrected chi connectivity index (χ3v) is 2.92. The van der Waals surface area contributed by atoms with Gasteiger partial charge in [-0.1, -0.05) is 55.1 Å². The molecule has 0 bridgehead atoms. The van der Waals surface area contributed by atoms with Crippen LogP contribution in [0.2, 0.25) is 0 Å². The van der Waals surface area contributed by atoms with Crippen molar-refractivity contribution in [1.29, 1.82) is 0 Å². The van der Waals surface area contributed by atoms with Crippen molar-refractivity contribution in [3.05, 3.63) is 72.3 Å². The number of rotatable bonds is 4. The monoisotopic (exact) mass is 265 g/mol. The number of nitrogens with two attached hydrogens (primary N) is 1. The van der Waals surface area contributed by atoms with Gasteiger partial charge in [-0.2, -0.15) is 0 Å². The minimum Gasteiger partial charge on any atom is -0.370 e. The van der Waals surface area contributed by atoms with Crippen LogP contribution in [-0.2, 0) is 6.54 Å². The lowest BCUT2D eigenvalue weighted by Gasteiger charge is -2.11. The average molecular weight is 265 g/mol. The van der Waals surface area contributed by atoms with Gasteiger partial charge in [0.25, 0.3) is 0 Å². The van der Waals surface area contributed by atoms with E-state index in [1.807, 2.05) is 61.5 Å². The topological polar surface area (TPSA) is 50.4 Å². The van der Waals surface area contributed by atoms with E-state index in [1.165, 1.54) is 0 Å². The summed E-state index contributed by atoms with van der Waals surface area (Å²) in [5.74, 6) is 0.405. The summed E-state index contributed by atoms with van der Waals surface area (Å²) >= 11 is 0. The molecule has 0 heterocycles. The number of aliphatic imine (C=N–C) groups is 1. The lowest BCUT2D eigenvalue weighted by molar-refractivity contribution is 1.06. The molecule has 2 rings (SSSR count). The van der Waals surface area contributed by atoms with E-state index in [0.29, 0.717) is 12.5 Å². The number of allylic oxidation sites excluding steroid dienone is 1. The van der Waals surface area contributed by atoms with Crippen LogP contribution in [0.25, 0.3) is 5.57 Å². The van der Waals surface area contributed by atoms with Crippen LogP contribution in [0.3, 0.4) is 0 Å². The lowest BCUT2D eigenvalue weighted by atomic mass is 10.1. The van der Waals surface area contributed by atoms with Crippen molar-refractivity contribution < 1.29 is 0 Å². The van der Waals surface area contributed by atoms with Gasteiger partial charge in [-0.15, -0.1) is 0 Å². The Kier molecular flexibility index (Phi) is 4.56. The fraction of sp³-hybridized carbons (Fsp3) is 0.118. The summed E-state index contributed by atoms with van der Waals surface area (Å²) in [6.45, 7) is 6.50. The molecule has 0 spiro atoms. The summed E-state index contributed by atoms with van der Waals surface area (Å²) in [6.07, 6.45) is 0. The van der Waals surface area contributed by atoms with Crippen molar-refractivity contribution in [3.8, 4) is 0 Å². The molecule has 0 aliphatic rings. The first-order chi connectivity index (χ1) is 9.66. The van der Waals surface area contributed by atoms with Gasteiger partial charge in [-0.3, -0.25) is 0 Å². The molecule has 102 valence electrons. The van der Waals surface area contributed by atoms with Crippen molar-refractivity contribution in [1.82, 2.24) is 0 Å². The fourth-order valence-corrected chi connectivity index (χ4v) is 1.90. The van der Waals surface area contributed by atoms with Gasteiger partial charge in [-0.25, -0.2) is 4.99 Å². The number of benzene rings is 2. The fourth-order valence-electron chi connectivity index (χ4n) is 1.90. The molecule has 2 aromatic carbocycles. The molecule has 3 nitrogen and oxygen atoms in total. The molecule has 0 aliphatic carbocycles. The maximum Gasteiger partial charge on any atom is 0.193 e. The largest absolute Gasteiger partial charge is 0.370 e. The van der Waals surface area contributed by atoms with Crippen LogP contribution in [0.15, 0.2) is 66.2 Å². The Morgan fingerprint density at radius 1 is 1.10 bits per heavy atom. The second-order valence-corrected chi connectivity index (χ2v) is 4.64. The van der Waals surface area contributed by atoms with Gasteiger partial charge >= 0.3 is 0 Å². The minimum atomic E-state index is 0.405. The first-order valence-corrected chi connectivity index (χ1v) is 6.52. The molecular formula is C17H19N3. The van der Waals surface area contributed by atoms with Crippen LogP contribution >= 0.6 is 0 Å². The Balaban J connectivity index is 2.08. The van der Waals surface area contributed by atoms with E-state index in [9.17, 15) is 0 Å². The van der Waals surface area contributed by atoms with Crippen LogP contribution in [0.4, 0.5) is 5.69 Å². The Hall–Kier alpha value is -2.55. The summed E-state index contributed by atoms with van der Waals surface area (Å²) < 4.78 is 0. The van der Waals surface area contributed by atoms with Gasteiger partial charge in [0.2, 0.25) is 0 Å². The quantitative estimate of drug-likeness (QED) is 0.655. The van der Waals surface area contributed by atoms with Crippen molar-refractivity contribution in [3.63, 3.8) is 0 Å². The summed E-state index contributed by atoms with van der Waals surface area (Å²) in [5.41, 5.74) is 10.0. The highest BCUT2D eigenvalue weighted by Gasteiger charge is 2.02. The second kappa shape index (κ2) is 6.57. The summed E-state index contributed by atoms with van der Waals surface area (Å²) in [6, 6.07) is 17.9. The number of anilines is 1. The Morgan fingerprint density at radius 3 is 2.45 bits per heavy atom. The summed E-state index contributed by atoms with van der Waals surface area (Å²) in [7, 11) is 0. The average Bonchev–Trinajstić information content (AvgIpc) is 2.46. The molecule has 20 heavy (non-hydrogen) atoms. The predicted molar refractivity (Wildman–Crippen MR) is 86.5 cm³/mol. The zero-order valence-corrected chi connectivity index (χ0v) is 11.6. The van der Waals surface area contributed by atoms with Gasteiger partial charge in [0.05, 0.1) is 6.54 Å². The Bertz CT molecular complexity index is 615. The van der Waals surface area contributed by atoms with Crippen LogP contribution in [0, 0.1) is 0 Å². The molecule has 3 N–H and O–H groups in total. The van der Waals surface area contributed by atoms with E-state index in [1.54, 1.807) is 0 Å². The number of hydrogen-bond acceptors (Lipinski definition) is 1. The number of nitrogens with zero attached hydrogens (tertiary/aromatic N) is 1. The molecule has 0 saturated carbocycles. The van der Waals surface area contributed by atoms with Gasteiger partial charge in [-0.05, 0) is 24.1 Å². The molecule has 0 radical (unpaired) electrons. The van der Waals surface area contributed by atoms with E-state index >= 15 is 0 Å². The van der Waals surface area contributed by atoms with Crippen molar-refractivity contribution in [2.45, 2.75) is 13.5 Å². The maximum absolute atomic E-state index is 5.93. The third-order valence-electron chi connectivity index (χ3n) is 2.92. The van der Waals surface area contributed by atoms with Crippen LogP contribution in [0.5, 0.6) is 0 Å². The Morgan fingerprint density at radius 2 is 1.75 bits per heavy atom. The van der Waals surface area contributed by atoms with Crippen LogP contribution < -0.4 is 11.1 Å². The molecule has 0 fully saturated rings. The normalized spacial score (nSPS) is 11.2. The number of hydrogen-bond donors (Lipinski definition) is 2. The van der Waals surface area contributed by atoms with Gasteiger partial charge in [0, 0.05) is 11.3 Å². The standard InChI is InChI=1S/C17H19N3/c1-13(2)15-10-6-7-11-16(15)20-17(18)19-12-14-8-4-3-5-9-14/h3-11H,1,12H2,2H3,(H3,18,19,20). The molecule has 0 aromatic heterocycles. The van der Waals surface area contributed by atoms with Crippen LogP contribution in [0.1, 0.15) is 18.1 Å². The highest BCUT2D eigenvalue weighted by molar-refractivity contribution is 5.95. The predicted octanol–water partition coefficient (Wildman–Crippen LogP) is 3.65. The molecule has 3 heteroatoms. The maximum atomic E-state index is 5.93. The van der Waals surface area contributed by atoms with E-state index in [4.69, 9.17) is 5.73 Å². The first kappa shape index (κ1) is 13.9. The van der Waals surface area contributed by atoms with Gasteiger partial charge < -0.3 is 11.1 Å². The molecule has 0 saturated heterocycles. The van der Waals surface area contributed by atoms with Gasteiger partial charge in [0.15, 0.2) is 5.96 Å². The first-order valence-electron chi connectivity index (χ1n) is 6.52. The van der Waals surface area contributed by atoms with E-state index in [0.717, 1.165) is 22.4 Å². The van der Waals surface area contributed by atoms with Crippen molar-refractivity contribution in [2.75, 3.05) is 5.32 Å².